The highest BCUT2D eigenvalue weighted by Crippen LogP contribution is 2.27. The Labute approximate surface area is 126 Å². The van der Waals surface area contributed by atoms with Gasteiger partial charge in [-0.1, -0.05) is 30.3 Å². The smallest absolute Gasteiger partial charge is 0.234 e. The molecule has 2 N–H and O–H groups in total. The van der Waals surface area contributed by atoms with Crippen molar-refractivity contribution in [1.82, 2.24) is 15.5 Å². The van der Waals surface area contributed by atoms with Gasteiger partial charge in [-0.15, -0.1) is 0 Å². The second-order valence-corrected chi connectivity index (χ2v) is 6.35. The summed E-state index contributed by atoms with van der Waals surface area (Å²) in [7, 11) is 0. The Morgan fingerprint density at radius 3 is 2.76 bits per heavy atom. The van der Waals surface area contributed by atoms with Crippen LogP contribution >= 0.6 is 0 Å². The number of hydrogen-bond donors (Lipinski definition) is 2. The minimum Gasteiger partial charge on any atom is -0.351 e. The number of hydrogen-bond acceptors (Lipinski definition) is 3. The summed E-state index contributed by atoms with van der Waals surface area (Å²) >= 11 is 0. The molecule has 1 atom stereocenters. The van der Waals surface area contributed by atoms with Crippen LogP contribution in [0.25, 0.3) is 0 Å². The van der Waals surface area contributed by atoms with E-state index in [0.717, 1.165) is 38.5 Å². The summed E-state index contributed by atoms with van der Waals surface area (Å²) in [5, 5.41) is 6.39. The topological polar surface area (TPSA) is 44.4 Å². The first-order chi connectivity index (χ1) is 10.3. The lowest BCUT2D eigenvalue weighted by Crippen LogP contribution is -2.42. The predicted octanol–water partition coefficient (Wildman–Crippen LogP) is 1.38. The van der Waals surface area contributed by atoms with Crippen molar-refractivity contribution >= 4 is 5.91 Å². The molecule has 0 bridgehead atoms. The van der Waals surface area contributed by atoms with Crippen LogP contribution in [-0.4, -0.2) is 43.0 Å². The van der Waals surface area contributed by atoms with E-state index in [-0.39, 0.29) is 5.91 Å². The zero-order chi connectivity index (χ0) is 14.5. The largest absolute Gasteiger partial charge is 0.351 e. The average molecular weight is 287 g/mol. The van der Waals surface area contributed by atoms with Crippen LogP contribution in [0.4, 0.5) is 0 Å². The van der Waals surface area contributed by atoms with Gasteiger partial charge >= 0.3 is 0 Å². The molecular weight excluding hydrogens is 262 g/mol. The predicted molar refractivity (Wildman–Crippen MR) is 83.9 cm³/mol. The number of nitrogens with zero attached hydrogens (tertiary/aromatic N) is 1. The molecule has 1 unspecified atom stereocenters. The molecule has 2 fully saturated rings. The number of nitrogens with one attached hydrogen (secondary N) is 2. The molecule has 4 nitrogen and oxygen atoms in total. The number of benzene rings is 1. The number of carbonyl (C=O) groups excluding carboxylic acids is 1. The van der Waals surface area contributed by atoms with Crippen molar-refractivity contribution in [3.63, 3.8) is 0 Å². The van der Waals surface area contributed by atoms with Crippen molar-refractivity contribution in [2.24, 2.45) is 5.92 Å². The van der Waals surface area contributed by atoms with Crippen molar-refractivity contribution in [3.8, 4) is 0 Å². The maximum atomic E-state index is 11.9. The van der Waals surface area contributed by atoms with Crippen LogP contribution in [0.15, 0.2) is 30.3 Å². The van der Waals surface area contributed by atoms with E-state index in [4.69, 9.17) is 0 Å². The van der Waals surface area contributed by atoms with Crippen molar-refractivity contribution < 1.29 is 4.79 Å². The standard InChI is InChI=1S/C17H25N3O/c21-17(11-18-10-14-6-7-14)19-16-8-9-20(13-16)12-15-4-2-1-3-5-15/h1-5,14,16,18H,6-13H2,(H,19,21). The second kappa shape index (κ2) is 7.05. The fraction of sp³-hybridized carbons (Fsp3) is 0.588. The number of carbonyl (C=O) groups is 1. The van der Waals surface area contributed by atoms with Gasteiger partial charge in [0, 0.05) is 25.7 Å². The lowest BCUT2D eigenvalue weighted by Gasteiger charge is -2.17. The van der Waals surface area contributed by atoms with Gasteiger partial charge in [-0.2, -0.15) is 0 Å². The second-order valence-electron chi connectivity index (χ2n) is 6.35. The van der Waals surface area contributed by atoms with Gasteiger partial charge in [-0.3, -0.25) is 9.69 Å². The van der Waals surface area contributed by atoms with Crippen LogP contribution in [0.5, 0.6) is 0 Å². The molecule has 1 aliphatic carbocycles. The van der Waals surface area contributed by atoms with E-state index in [0.29, 0.717) is 12.6 Å². The number of rotatable bonds is 7. The fourth-order valence-corrected chi connectivity index (χ4v) is 2.93. The van der Waals surface area contributed by atoms with Crippen molar-refractivity contribution in [3.05, 3.63) is 35.9 Å². The summed E-state index contributed by atoms with van der Waals surface area (Å²) in [6.07, 6.45) is 3.71. The molecule has 1 saturated heterocycles. The molecule has 1 aliphatic heterocycles. The Morgan fingerprint density at radius 1 is 1.19 bits per heavy atom. The Morgan fingerprint density at radius 2 is 2.00 bits per heavy atom. The quantitative estimate of drug-likeness (QED) is 0.796. The normalized spacial score (nSPS) is 22.4. The van der Waals surface area contributed by atoms with E-state index in [1.54, 1.807) is 0 Å². The van der Waals surface area contributed by atoms with Crippen LogP contribution in [-0.2, 0) is 11.3 Å². The Hall–Kier alpha value is -1.39. The van der Waals surface area contributed by atoms with Crippen LogP contribution in [0.3, 0.4) is 0 Å². The summed E-state index contributed by atoms with van der Waals surface area (Å²) in [6.45, 7) is 4.47. The first kappa shape index (κ1) is 14.5. The van der Waals surface area contributed by atoms with Gasteiger partial charge in [0.15, 0.2) is 0 Å². The SMILES string of the molecule is O=C(CNCC1CC1)NC1CCN(Cc2ccccc2)C1. The van der Waals surface area contributed by atoms with Gasteiger partial charge in [0.25, 0.3) is 0 Å². The molecule has 1 aromatic rings. The van der Waals surface area contributed by atoms with Crippen LogP contribution in [0.1, 0.15) is 24.8 Å². The number of likely N-dealkylation sites (tertiary alicyclic amines) is 1. The summed E-state index contributed by atoms with van der Waals surface area (Å²) in [5.41, 5.74) is 1.34. The molecule has 0 spiro atoms. The van der Waals surface area contributed by atoms with Crippen LogP contribution in [0, 0.1) is 5.92 Å². The molecule has 114 valence electrons. The molecule has 21 heavy (non-hydrogen) atoms. The summed E-state index contributed by atoms with van der Waals surface area (Å²) in [6, 6.07) is 10.8. The minimum absolute atomic E-state index is 0.141. The van der Waals surface area contributed by atoms with Crippen molar-refractivity contribution in [2.75, 3.05) is 26.2 Å². The van der Waals surface area contributed by atoms with E-state index in [9.17, 15) is 4.79 Å². The Balaban J connectivity index is 1.34. The first-order valence-electron chi connectivity index (χ1n) is 8.06. The molecule has 1 amide bonds. The van der Waals surface area contributed by atoms with E-state index in [1.807, 2.05) is 6.07 Å². The van der Waals surface area contributed by atoms with Crippen molar-refractivity contribution in [1.29, 1.82) is 0 Å². The molecule has 3 rings (SSSR count). The van der Waals surface area contributed by atoms with Gasteiger partial charge in [0.1, 0.15) is 0 Å². The van der Waals surface area contributed by atoms with Gasteiger partial charge in [0.2, 0.25) is 5.91 Å². The average Bonchev–Trinajstić information content (AvgIpc) is 3.21. The highest BCUT2D eigenvalue weighted by atomic mass is 16.2. The van der Waals surface area contributed by atoms with Gasteiger partial charge in [-0.25, -0.2) is 0 Å². The molecular formula is C17H25N3O. The molecule has 1 aromatic carbocycles. The zero-order valence-electron chi connectivity index (χ0n) is 12.6. The Bertz CT molecular complexity index is 458. The minimum atomic E-state index is 0.141. The van der Waals surface area contributed by atoms with E-state index in [1.165, 1.54) is 18.4 Å². The maximum Gasteiger partial charge on any atom is 0.234 e. The fourth-order valence-electron chi connectivity index (χ4n) is 2.93. The van der Waals surface area contributed by atoms with Crippen LogP contribution in [0.2, 0.25) is 0 Å². The molecule has 4 heteroatoms. The van der Waals surface area contributed by atoms with Gasteiger partial charge in [0.05, 0.1) is 6.54 Å². The molecule has 1 saturated carbocycles. The lowest BCUT2D eigenvalue weighted by atomic mass is 10.2. The zero-order valence-corrected chi connectivity index (χ0v) is 12.6. The third kappa shape index (κ3) is 4.83. The lowest BCUT2D eigenvalue weighted by molar-refractivity contribution is -0.120. The summed E-state index contributed by atoms with van der Waals surface area (Å²) in [5.74, 6) is 0.966. The van der Waals surface area contributed by atoms with Crippen LogP contribution < -0.4 is 10.6 Å². The van der Waals surface area contributed by atoms with E-state index in [2.05, 4.69) is 39.8 Å². The summed E-state index contributed by atoms with van der Waals surface area (Å²) < 4.78 is 0. The monoisotopic (exact) mass is 287 g/mol. The molecule has 0 radical (unpaired) electrons. The molecule has 2 aliphatic rings. The molecule has 0 aromatic heterocycles. The highest BCUT2D eigenvalue weighted by Gasteiger charge is 2.24. The third-order valence-corrected chi connectivity index (χ3v) is 4.30. The third-order valence-electron chi connectivity index (χ3n) is 4.30. The van der Waals surface area contributed by atoms with Gasteiger partial charge in [-0.05, 0) is 37.3 Å². The van der Waals surface area contributed by atoms with Crippen molar-refractivity contribution in [2.45, 2.75) is 31.8 Å². The first-order valence-corrected chi connectivity index (χ1v) is 8.06. The number of amides is 1. The Kier molecular flexibility index (Phi) is 4.88. The van der Waals surface area contributed by atoms with E-state index >= 15 is 0 Å². The highest BCUT2D eigenvalue weighted by molar-refractivity contribution is 5.78. The molecule has 1 heterocycles. The van der Waals surface area contributed by atoms with Gasteiger partial charge < -0.3 is 10.6 Å². The van der Waals surface area contributed by atoms with E-state index < -0.39 is 0 Å². The summed E-state index contributed by atoms with van der Waals surface area (Å²) in [4.78, 5) is 14.3. The maximum absolute atomic E-state index is 11.9.